The van der Waals surface area contributed by atoms with Gasteiger partial charge in [-0.1, -0.05) is 98.2 Å². The van der Waals surface area contributed by atoms with Crippen molar-refractivity contribution in [1.29, 1.82) is 0 Å². The summed E-state index contributed by atoms with van der Waals surface area (Å²) < 4.78 is 10.9. The quantitative estimate of drug-likeness (QED) is 0.178. The zero-order valence-electron chi connectivity index (χ0n) is 30.0. The average molecular weight is 630 g/mol. The van der Waals surface area contributed by atoms with Gasteiger partial charge in [0.25, 0.3) is 0 Å². The minimum atomic E-state index is -1.02. The molecule has 0 saturated heterocycles. The number of carbonyl (C=O) groups is 4. The van der Waals surface area contributed by atoms with Gasteiger partial charge in [-0.25, -0.2) is 9.59 Å². The molecule has 0 aromatic heterocycles. The Morgan fingerprint density at radius 2 is 1.47 bits per heavy atom. The number of amides is 3. The highest BCUT2D eigenvalue weighted by molar-refractivity contribution is 5.93. The van der Waals surface area contributed by atoms with E-state index in [9.17, 15) is 19.2 Å². The number of rotatable bonds is 14. The zero-order chi connectivity index (χ0) is 34.8. The molecule has 1 aromatic rings. The van der Waals surface area contributed by atoms with Crippen molar-refractivity contribution in [1.82, 2.24) is 15.5 Å². The summed E-state index contributed by atoms with van der Waals surface area (Å²) in [6.07, 6.45) is 3.41. The molecule has 45 heavy (non-hydrogen) atoms. The normalized spacial score (nSPS) is 14.7. The number of benzene rings is 1. The highest BCUT2D eigenvalue weighted by atomic mass is 16.6. The van der Waals surface area contributed by atoms with Crippen LogP contribution in [0.15, 0.2) is 42.0 Å². The number of unbranched alkanes of at least 4 members (excludes halogenated alkanes) is 1. The van der Waals surface area contributed by atoms with Crippen LogP contribution < -0.4 is 10.6 Å². The Bertz CT molecular complexity index is 1160. The maximum absolute atomic E-state index is 14.3. The summed E-state index contributed by atoms with van der Waals surface area (Å²) in [6, 6.07) is 7.04. The van der Waals surface area contributed by atoms with E-state index in [-0.39, 0.29) is 24.4 Å². The Hall–Kier alpha value is -3.36. The SMILES string of the molecule is CCCCC(=C[C@@H](NC(=O)[C@@H](NC(=O)[C@@H](N(C)C(=O)OC(C)(C)C)C(C)(C)c1ccccc1)C(C)(C)C)C(C)C)C(=O)OCC. The van der Waals surface area contributed by atoms with Crippen LogP contribution in [0.25, 0.3) is 0 Å². The van der Waals surface area contributed by atoms with Crippen LogP contribution in [0.4, 0.5) is 4.79 Å². The van der Waals surface area contributed by atoms with Crippen LogP contribution >= 0.6 is 0 Å². The van der Waals surface area contributed by atoms with E-state index >= 15 is 0 Å². The molecule has 1 aromatic carbocycles. The van der Waals surface area contributed by atoms with Gasteiger partial charge in [0.15, 0.2) is 0 Å². The second kappa shape index (κ2) is 16.8. The van der Waals surface area contributed by atoms with E-state index in [1.54, 1.807) is 40.8 Å². The molecule has 3 atom stereocenters. The van der Waals surface area contributed by atoms with Crippen molar-refractivity contribution in [2.45, 2.75) is 131 Å². The molecule has 0 bridgehead atoms. The maximum atomic E-state index is 14.3. The third-order valence-corrected chi connectivity index (χ3v) is 7.68. The van der Waals surface area contributed by atoms with Gasteiger partial charge in [-0.05, 0) is 57.4 Å². The molecular formula is C36H59N3O6. The summed E-state index contributed by atoms with van der Waals surface area (Å²) in [5, 5.41) is 6.08. The van der Waals surface area contributed by atoms with E-state index in [0.717, 1.165) is 18.4 Å². The van der Waals surface area contributed by atoms with Gasteiger partial charge in [0.2, 0.25) is 11.8 Å². The Kier molecular flexibility index (Phi) is 14.8. The third kappa shape index (κ3) is 12.2. The Labute approximate surface area is 271 Å². The average Bonchev–Trinajstić information content (AvgIpc) is 2.92. The van der Waals surface area contributed by atoms with Gasteiger partial charge in [0, 0.05) is 18.0 Å². The van der Waals surface area contributed by atoms with Crippen LogP contribution in [0.3, 0.4) is 0 Å². The van der Waals surface area contributed by atoms with Crippen LogP contribution in [0.1, 0.15) is 108 Å². The topological polar surface area (TPSA) is 114 Å². The minimum Gasteiger partial charge on any atom is -0.463 e. The fourth-order valence-corrected chi connectivity index (χ4v) is 5.06. The lowest BCUT2D eigenvalue weighted by Gasteiger charge is -2.41. The van der Waals surface area contributed by atoms with E-state index in [0.29, 0.717) is 12.0 Å². The van der Waals surface area contributed by atoms with Crippen molar-refractivity contribution in [3.8, 4) is 0 Å². The van der Waals surface area contributed by atoms with Gasteiger partial charge >= 0.3 is 12.1 Å². The summed E-state index contributed by atoms with van der Waals surface area (Å²) in [4.78, 5) is 55.6. The smallest absolute Gasteiger partial charge is 0.410 e. The number of nitrogens with one attached hydrogen (secondary N) is 2. The fraction of sp³-hybridized carbons (Fsp3) is 0.667. The minimum absolute atomic E-state index is 0.0422. The summed E-state index contributed by atoms with van der Waals surface area (Å²) in [6.45, 7) is 22.7. The highest BCUT2D eigenvalue weighted by Gasteiger charge is 2.45. The van der Waals surface area contributed by atoms with Crippen molar-refractivity contribution in [2.75, 3.05) is 13.7 Å². The number of carbonyl (C=O) groups excluding carboxylic acids is 4. The first-order valence-electron chi connectivity index (χ1n) is 16.2. The van der Waals surface area contributed by atoms with Crippen LogP contribution in [0.5, 0.6) is 0 Å². The molecule has 1 rings (SSSR count). The molecule has 2 N–H and O–H groups in total. The fourth-order valence-electron chi connectivity index (χ4n) is 5.06. The molecule has 0 radical (unpaired) electrons. The first-order chi connectivity index (χ1) is 20.7. The number of hydrogen-bond donors (Lipinski definition) is 2. The molecule has 0 fully saturated rings. The molecule has 9 heteroatoms. The van der Waals surface area contributed by atoms with Gasteiger partial charge in [-0.15, -0.1) is 0 Å². The molecule has 3 amide bonds. The predicted molar refractivity (Wildman–Crippen MR) is 180 cm³/mol. The van der Waals surface area contributed by atoms with Crippen molar-refractivity contribution >= 4 is 23.9 Å². The van der Waals surface area contributed by atoms with Crippen LogP contribution in [-0.4, -0.2) is 66.2 Å². The number of nitrogens with zero attached hydrogens (tertiary/aromatic N) is 1. The summed E-state index contributed by atoms with van der Waals surface area (Å²) in [5.41, 5.74) is -0.940. The molecule has 0 unspecified atom stereocenters. The summed E-state index contributed by atoms with van der Waals surface area (Å²) >= 11 is 0. The molecule has 0 aliphatic heterocycles. The second-order valence-electron chi connectivity index (χ2n) is 14.7. The lowest BCUT2D eigenvalue weighted by molar-refractivity contribution is -0.138. The van der Waals surface area contributed by atoms with Gasteiger partial charge in [-0.3, -0.25) is 14.5 Å². The molecule has 0 aliphatic carbocycles. The molecule has 0 aliphatic rings. The third-order valence-electron chi connectivity index (χ3n) is 7.68. The molecule has 0 heterocycles. The maximum Gasteiger partial charge on any atom is 0.410 e. The van der Waals surface area contributed by atoms with Crippen LogP contribution in [0.2, 0.25) is 0 Å². The molecular weight excluding hydrogens is 570 g/mol. The standard InChI is InChI=1S/C36H59N3O6/c1-14-16-20-25(32(42)44-15-2)23-27(24(3)4)37-30(40)28(34(5,6)7)38-31(41)29(39(13)33(43)45-35(8,9)10)36(11,12)26-21-18-17-19-22-26/h17-19,21-24,27-29H,14-16,20H2,1-13H3,(H,37,40)(H,38,41)/t27-,28-,29-/m1/s1. The van der Waals surface area contributed by atoms with Gasteiger partial charge in [0.05, 0.1) is 12.6 Å². The Balaban J connectivity index is 3.53. The first-order valence-corrected chi connectivity index (χ1v) is 16.2. The van der Waals surface area contributed by atoms with Crippen molar-refractivity contribution in [2.24, 2.45) is 11.3 Å². The number of esters is 1. The van der Waals surface area contributed by atoms with E-state index in [1.165, 1.54) is 4.90 Å². The Morgan fingerprint density at radius 3 is 1.93 bits per heavy atom. The molecule has 9 nitrogen and oxygen atoms in total. The molecule has 254 valence electrons. The van der Waals surface area contributed by atoms with E-state index < -0.39 is 46.6 Å². The number of hydrogen-bond acceptors (Lipinski definition) is 6. The highest BCUT2D eigenvalue weighted by Crippen LogP contribution is 2.32. The van der Waals surface area contributed by atoms with Gasteiger partial charge in [-0.2, -0.15) is 0 Å². The predicted octanol–water partition coefficient (Wildman–Crippen LogP) is 6.55. The molecule has 0 spiro atoms. The monoisotopic (exact) mass is 629 g/mol. The van der Waals surface area contributed by atoms with Gasteiger partial charge < -0.3 is 20.1 Å². The van der Waals surface area contributed by atoms with E-state index in [1.807, 2.05) is 85.7 Å². The van der Waals surface area contributed by atoms with Crippen molar-refractivity contribution in [3.63, 3.8) is 0 Å². The van der Waals surface area contributed by atoms with Crippen molar-refractivity contribution in [3.05, 3.63) is 47.5 Å². The van der Waals surface area contributed by atoms with Crippen LogP contribution in [-0.2, 0) is 29.3 Å². The van der Waals surface area contributed by atoms with E-state index in [4.69, 9.17) is 9.47 Å². The Morgan fingerprint density at radius 1 is 0.889 bits per heavy atom. The number of ether oxygens (including phenoxy) is 2. The summed E-state index contributed by atoms with van der Waals surface area (Å²) in [7, 11) is 1.54. The summed E-state index contributed by atoms with van der Waals surface area (Å²) in [5.74, 6) is -1.30. The lowest BCUT2D eigenvalue weighted by Crippen LogP contribution is -2.63. The van der Waals surface area contributed by atoms with Gasteiger partial charge in [0.1, 0.15) is 17.7 Å². The molecule has 0 saturated carbocycles. The first kappa shape index (κ1) is 39.7. The van der Waals surface area contributed by atoms with Crippen LogP contribution in [0, 0.1) is 11.3 Å². The van der Waals surface area contributed by atoms with Crippen molar-refractivity contribution < 1.29 is 28.7 Å². The second-order valence-corrected chi connectivity index (χ2v) is 14.7. The lowest BCUT2D eigenvalue weighted by atomic mass is 9.76. The van der Waals surface area contributed by atoms with E-state index in [2.05, 4.69) is 10.6 Å². The zero-order valence-corrected chi connectivity index (χ0v) is 30.0. The largest absolute Gasteiger partial charge is 0.463 e. The number of likely N-dealkylation sites (N-methyl/N-ethyl adjacent to an activating group) is 1.